The monoisotopic (exact) mass is 355 g/mol. The Hall–Kier alpha value is -2.49. The average molecular weight is 355 g/mol. The Kier molecular flexibility index (Phi) is 8.00. The van der Waals surface area contributed by atoms with Crippen molar-refractivity contribution in [2.45, 2.75) is 45.6 Å². The van der Waals surface area contributed by atoms with Crippen LogP contribution in [0, 0.1) is 0 Å². The van der Waals surface area contributed by atoms with Gasteiger partial charge < -0.3 is 14.8 Å². The van der Waals surface area contributed by atoms with Crippen LogP contribution in [0.15, 0.2) is 48.5 Å². The standard InChI is InChI=1S/C22H29NO3/c1-17(2)26-21-13-8-18(9-14-21)5-4-16-23-22(24)15-10-19-6-11-20(25-3)12-7-19/h6-9,11-14,17H,4-5,10,15-16H2,1-3H3,(H,23,24). The molecule has 4 nitrogen and oxygen atoms in total. The number of benzene rings is 2. The molecule has 0 aliphatic heterocycles. The van der Waals surface area contributed by atoms with Gasteiger partial charge in [-0.1, -0.05) is 24.3 Å². The minimum atomic E-state index is 0.0986. The molecule has 1 N–H and O–H groups in total. The van der Waals surface area contributed by atoms with Crippen LogP contribution in [-0.2, 0) is 17.6 Å². The summed E-state index contributed by atoms with van der Waals surface area (Å²) in [5, 5.41) is 2.99. The summed E-state index contributed by atoms with van der Waals surface area (Å²) < 4.78 is 10.8. The van der Waals surface area contributed by atoms with Crippen molar-refractivity contribution < 1.29 is 14.3 Å². The lowest BCUT2D eigenvalue weighted by molar-refractivity contribution is -0.121. The van der Waals surface area contributed by atoms with Gasteiger partial charge in [0, 0.05) is 13.0 Å². The van der Waals surface area contributed by atoms with Crippen LogP contribution in [0.4, 0.5) is 0 Å². The predicted octanol–water partition coefficient (Wildman–Crippen LogP) is 4.16. The smallest absolute Gasteiger partial charge is 0.220 e. The van der Waals surface area contributed by atoms with Crippen LogP contribution < -0.4 is 14.8 Å². The molecule has 0 fully saturated rings. The Morgan fingerprint density at radius 2 is 1.50 bits per heavy atom. The lowest BCUT2D eigenvalue weighted by Crippen LogP contribution is -2.24. The molecule has 0 saturated carbocycles. The van der Waals surface area contributed by atoms with E-state index in [0.717, 1.165) is 36.3 Å². The Bertz CT molecular complexity index is 663. The van der Waals surface area contributed by atoms with Gasteiger partial charge in [0.15, 0.2) is 0 Å². The van der Waals surface area contributed by atoms with E-state index in [0.29, 0.717) is 13.0 Å². The van der Waals surface area contributed by atoms with Crippen LogP contribution in [0.25, 0.3) is 0 Å². The molecule has 2 aromatic rings. The highest BCUT2D eigenvalue weighted by Gasteiger charge is 2.03. The van der Waals surface area contributed by atoms with E-state index in [4.69, 9.17) is 9.47 Å². The van der Waals surface area contributed by atoms with Gasteiger partial charge in [0.2, 0.25) is 5.91 Å². The molecule has 2 aromatic carbocycles. The summed E-state index contributed by atoms with van der Waals surface area (Å²) in [6.45, 7) is 4.74. The van der Waals surface area contributed by atoms with E-state index in [-0.39, 0.29) is 12.0 Å². The first kappa shape index (κ1) is 19.8. The maximum Gasteiger partial charge on any atom is 0.220 e. The van der Waals surface area contributed by atoms with Gasteiger partial charge in [-0.05, 0) is 68.5 Å². The lowest BCUT2D eigenvalue weighted by Gasteiger charge is -2.10. The van der Waals surface area contributed by atoms with Crippen LogP contribution >= 0.6 is 0 Å². The Labute approximate surface area is 156 Å². The molecule has 0 unspecified atom stereocenters. The number of aryl methyl sites for hydroxylation is 2. The number of hydrogen-bond acceptors (Lipinski definition) is 3. The molecule has 26 heavy (non-hydrogen) atoms. The topological polar surface area (TPSA) is 47.6 Å². The molecule has 0 saturated heterocycles. The summed E-state index contributed by atoms with van der Waals surface area (Å²) in [4.78, 5) is 11.9. The fourth-order valence-corrected chi connectivity index (χ4v) is 2.67. The van der Waals surface area contributed by atoms with E-state index in [1.54, 1.807) is 7.11 Å². The number of hydrogen-bond donors (Lipinski definition) is 1. The van der Waals surface area contributed by atoms with Gasteiger partial charge in [-0.25, -0.2) is 0 Å². The first-order chi connectivity index (χ1) is 12.6. The fourth-order valence-electron chi connectivity index (χ4n) is 2.67. The average Bonchev–Trinajstić information content (AvgIpc) is 2.65. The largest absolute Gasteiger partial charge is 0.497 e. The molecule has 1 amide bonds. The summed E-state index contributed by atoms with van der Waals surface area (Å²) in [5.74, 6) is 1.83. The fraction of sp³-hybridized carbons (Fsp3) is 0.409. The maximum atomic E-state index is 11.9. The second-order valence-corrected chi connectivity index (χ2v) is 6.61. The zero-order valence-corrected chi connectivity index (χ0v) is 16.0. The molecule has 0 aromatic heterocycles. The maximum absolute atomic E-state index is 11.9. The number of carbonyl (C=O) groups excluding carboxylic acids is 1. The summed E-state index contributed by atoms with van der Waals surface area (Å²) in [6, 6.07) is 16.0. The second kappa shape index (κ2) is 10.5. The molecule has 2 rings (SSSR count). The van der Waals surface area contributed by atoms with Crippen molar-refractivity contribution in [1.82, 2.24) is 5.32 Å². The van der Waals surface area contributed by atoms with Gasteiger partial charge in [0.25, 0.3) is 0 Å². The van der Waals surface area contributed by atoms with Gasteiger partial charge in [0.05, 0.1) is 13.2 Å². The predicted molar refractivity (Wildman–Crippen MR) is 105 cm³/mol. The van der Waals surface area contributed by atoms with Crippen molar-refractivity contribution in [3.8, 4) is 11.5 Å². The van der Waals surface area contributed by atoms with Crippen molar-refractivity contribution in [2.24, 2.45) is 0 Å². The quantitative estimate of drug-likeness (QED) is 0.651. The molecule has 0 radical (unpaired) electrons. The first-order valence-electron chi connectivity index (χ1n) is 9.22. The molecule has 0 spiro atoms. The van der Waals surface area contributed by atoms with E-state index in [9.17, 15) is 4.79 Å². The number of rotatable bonds is 10. The molecule has 140 valence electrons. The normalized spacial score (nSPS) is 10.6. The van der Waals surface area contributed by atoms with Crippen molar-refractivity contribution in [2.75, 3.05) is 13.7 Å². The van der Waals surface area contributed by atoms with Crippen LogP contribution in [0.1, 0.15) is 37.8 Å². The Morgan fingerprint density at radius 1 is 0.923 bits per heavy atom. The van der Waals surface area contributed by atoms with E-state index in [1.807, 2.05) is 50.2 Å². The number of nitrogens with one attached hydrogen (secondary N) is 1. The molecule has 0 bridgehead atoms. The van der Waals surface area contributed by atoms with E-state index in [1.165, 1.54) is 5.56 Å². The molecule has 0 aliphatic carbocycles. The Morgan fingerprint density at radius 3 is 2.08 bits per heavy atom. The molecule has 4 heteroatoms. The van der Waals surface area contributed by atoms with Gasteiger partial charge >= 0.3 is 0 Å². The SMILES string of the molecule is COc1ccc(CCC(=O)NCCCc2ccc(OC(C)C)cc2)cc1. The van der Waals surface area contributed by atoms with E-state index >= 15 is 0 Å². The minimum absolute atomic E-state index is 0.0986. The molecular weight excluding hydrogens is 326 g/mol. The van der Waals surface area contributed by atoms with Crippen molar-refractivity contribution in [1.29, 1.82) is 0 Å². The zero-order valence-electron chi connectivity index (χ0n) is 16.0. The van der Waals surface area contributed by atoms with Gasteiger partial charge in [-0.15, -0.1) is 0 Å². The summed E-state index contributed by atoms with van der Waals surface area (Å²) in [7, 11) is 1.65. The van der Waals surface area contributed by atoms with Gasteiger partial charge in [-0.3, -0.25) is 4.79 Å². The number of amides is 1. The number of ether oxygens (including phenoxy) is 2. The molecular formula is C22H29NO3. The third kappa shape index (κ3) is 7.18. The van der Waals surface area contributed by atoms with Crippen molar-refractivity contribution in [3.05, 3.63) is 59.7 Å². The molecule has 0 heterocycles. The van der Waals surface area contributed by atoms with Crippen LogP contribution in [0.5, 0.6) is 11.5 Å². The zero-order chi connectivity index (χ0) is 18.8. The molecule has 0 aliphatic rings. The summed E-state index contributed by atoms with van der Waals surface area (Å²) in [5.41, 5.74) is 2.40. The lowest BCUT2D eigenvalue weighted by atomic mass is 10.1. The highest BCUT2D eigenvalue weighted by atomic mass is 16.5. The summed E-state index contributed by atoms with van der Waals surface area (Å²) in [6.07, 6.45) is 3.31. The van der Waals surface area contributed by atoms with E-state index in [2.05, 4.69) is 17.4 Å². The van der Waals surface area contributed by atoms with Gasteiger partial charge in [0.1, 0.15) is 11.5 Å². The Balaban J connectivity index is 1.62. The highest BCUT2D eigenvalue weighted by molar-refractivity contribution is 5.76. The van der Waals surface area contributed by atoms with Crippen LogP contribution in [0.3, 0.4) is 0 Å². The second-order valence-electron chi connectivity index (χ2n) is 6.61. The third-order valence-corrected chi connectivity index (χ3v) is 4.06. The minimum Gasteiger partial charge on any atom is -0.497 e. The van der Waals surface area contributed by atoms with Crippen molar-refractivity contribution >= 4 is 5.91 Å². The van der Waals surface area contributed by atoms with Crippen LogP contribution in [0.2, 0.25) is 0 Å². The first-order valence-corrected chi connectivity index (χ1v) is 9.22. The highest BCUT2D eigenvalue weighted by Crippen LogP contribution is 2.15. The third-order valence-electron chi connectivity index (χ3n) is 4.06. The van der Waals surface area contributed by atoms with Gasteiger partial charge in [-0.2, -0.15) is 0 Å². The van der Waals surface area contributed by atoms with Crippen molar-refractivity contribution in [3.63, 3.8) is 0 Å². The summed E-state index contributed by atoms with van der Waals surface area (Å²) >= 11 is 0. The van der Waals surface area contributed by atoms with E-state index < -0.39 is 0 Å². The number of methoxy groups -OCH3 is 1. The number of carbonyl (C=O) groups is 1. The van der Waals surface area contributed by atoms with Crippen LogP contribution in [-0.4, -0.2) is 25.7 Å². The molecule has 0 atom stereocenters.